The van der Waals surface area contributed by atoms with Crippen molar-refractivity contribution < 1.29 is 9.50 Å². The monoisotopic (exact) mass is 328 g/mol. The first-order valence-electron chi connectivity index (χ1n) is 7.76. The Kier molecular flexibility index (Phi) is 8.46. The maximum Gasteiger partial charge on any atom is 0.123 e. The fourth-order valence-corrected chi connectivity index (χ4v) is 2.95. The van der Waals surface area contributed by atoms with Gasteiger partial charge in [0, 0.05) is 37.8 Å². The summed E-state index contributed by atoms with van der Waals surface area (Å²) in [6.45, 7) is 7.50. The average Bonchev–Trinajstić information content (AvgIpc) is 2.51. The number of halogens is 2. The highest BCUT2D eigenvalue weighted by molar-refractivity contribution is 5.85. The number of nitrogens with zero attached hydrogens (tertiary/aromatic N) is 1. The Hall–Kier alpha value is -1.10. The van der Waals surface area contributed by atoms with Crippen molar-refractivity contribution in [3.63, 3.8) is 0 Å². The van der Waals surface area contributed by atoms with Gasteiger partial charge in [-0.1, -0.05) is 12.5 Å². The number of phenolic OH excluding ortho intramolecular Hbond substituents is 1. The van der Waals surface area contributed by atoms with Crippen LogP contribution < -0.4 is 5.32 Å². The van der Waals surface area contributed by atoms with Crippen molar-refractivity contribution in [1.29, 1.82) is 0 Å². The largest absolute Gasteiger partial charge is 0.508 e. The molecule has 5 heteroatoms. The summed E-state index contributed by atoms with van der Waals surface area (Å²) in [6.07, 6.45) is 6.01. The lowest BCUT2D eigenvalue weighted by molar-refractivity contribution is 0.160. The molecule has 1 aliphatic heterocycles. The first-order valence-corrected chi connectivity index (χ1v) is 7.76. The number of unbranched alkanes of at least 4 members (excludes halogenated alkanes) is 2. The van der Waals surface area contributed by atoms with E-state index in [9.17, 15) is 9.50 Å². The summed E-state index contributed by atoms with van der Waals surface area (Å²) in [4.78, 5) is 2.35. The standard InChI is InChI=1S/C17H25FN2O.ClH/c1-2-3-4-5-6-16(20-11-9-19-10-12-20)15-13-14(18)7-8-17(15)21;/h2,7-8,13,16,19,21H,1,3-6,9-12H2;1H/t16-;/m1./s1. The highest BCUT2D eigenvalue weighted by Gasteiger charge is 2.24. The van der Waals surface area contributed by atoms with Gasteiger partial charge in [-0.2, -0.15) is 0 Å². The van der Waals surface area contributed by atoms with Crippen LogP contribution in [-0.4, -0.2) is 36.2 Å². The topological polar surface area (TPSA) is 35.5 Å². The summed E-state index contributed by atoms with van der Waals surface area (Å²) in [5.41, 5.74) is 0.718. The number of hydrogen-bond acceptors (Lipinski definition) is 3. The fraction of sp³-hybridized carbons (Fsp3) is 0.529. The van der Waals surface area contributed by atoms with Gasteiger partial charge in [-0.05, 0) is 37.5 Å². The van der Waals surface area contributed by atoms with Crippen LogP contribution >= 0.6 is 12.4 Å². The van der Waals surface area contributed by atoms with E-state index >= 15 is 0 Å². The maximum atomic E-state index is 13.6. The Labute approximate surface area is 138 Å². The summed E-state index contributed by atoms with van der Waals surface area (Å²) in [5.74, 6) is -0.0855. The second kappa shape index (κ2) is 9.82. The Morgan fingerprint density at radius 1 is 1.32 bits per heavy atom. The van der Waals surface area contributed by atoms with Crippen molar-refractivity contribution in [2.75, 3.05) is 26.2 Å². The fourth-order valence-electron chi connectivity index (χ4n) is 2.95. The van der Waals surface area contributed by atoms with Gasteiger partial charge in [0.25, 0.3) is 0 Å². The van der Waals surface area contributed by atoms with Crippen LogP contribution in [0.3, 0.4) is 0 Å². The van der Waals surface area contributed by atoms with Crippen molar-refractivity contribution in [3.8, 4) is 5.75 Å². The summed E-state index contributed by atoms with van der Waals surface area (Å²) < 4.78 is 13.6. The molecule has 1 aromatic carbocycles. The van der Waals surface area contributed by atoms with Crippen LogP contribution in [0.4, 0.5) is 4.39 Å². The lowest BCUT2D eigenvalue weighted by Crippen LogP contribution is -2.45. The minimum absolute atomic E-state index is 0. The van der Waals surface area contributed by atoms with E-state index in [2.05, 4.69) is 16.8 Å². The molecule has 1 aliphatic rings. The van der Waals surface area contributed by atoms with E-state index in [4.69, 9.17) is 0 Å². The minimum Gasteiger partial charge on any atom is -0.508 e. The van der Waals surface area contributed by atoms with Crippen LogP contribution in [0.1, 0.15) is 37.3 Å². The van der Waals surface area contributed by atoms with Gasteiger partial charge in [0.2, 0.25) is 0 Å². The molecule has 0 bridgehead atoms. The van der Waals surface area contributed by atoms with Crippen LogP contribution in [0, 0.1) is 5.82 Å². The van der Waals surface area contributed by atoms with Gasteiger partial charge in [-0.15, -0.1) is 19.0 Å². The van der Waals surface area contributed by atoms with Crippen molar-refractivity contribution >= 4 is 12.4 Å². The van der Waals surface area contributed by atoms with Crippen LogP contribution in [0.25, 0.3) is 0 Å². The van der Waals surface area contributed by atoms with E-state index in [0.717, 1.165) is 57.4 Å². The molecule has 2 rings (SSSR count). The number of rotatable bonds is 7. The predicted octanol–water partition coefficient (Wildman–Crippen LogP) is 3.65. The highest BCUT2D eigenvalue weighted by atomic mass is 35.5. The number of piperazine rings is 1. The molecule has 0 aliphatic carbocycles. The zero-order valence-electron chi connectivity index (χ0n) is 12.9. The van der Waals surface area contributed by atoms with Gasteiger partial charge in [-0.25, -0.2) is 4.39 Å². The Bertz CT molecular complexity index is 464. The SMILES string of the molecule is C=CCCCC[C@H](c1cc(F)ccc1O)N1CCNCC1.Cl. The number of nitrogens with one attached hydrogen (secondary N) is 1. The summed E-state index contributed by atoms with van der Waals surface area (Å²) in [7, 11) is 0. The third kappa shape index (κ3) is 5.27. The second-order valence-electron chi connectivity index (χ2n) is 5.58. The molecule has 0 saturated carbocycles. The van der Waals surface area contributed by atoms with Gasteiger partial charge in [0.05, 0.1) is 0 Å². The summed E-state index contributed by atoms with van der Waals surface area (Å²) in [5, 5.41) is 13.4. The number of aromatic hydroxyl groups is 1. The van der Waals surface area contributed by atoms with E-state index < -0.39 is 0 Å². The lowest BCUT2D eigenvalue weighted by Gasteiger charge is -2.35. The lowest BCUT2D eigenvalue weighted by atomic mass is 9.97. The Balaban J connectivity index is 0.00000242. The van der Waals surface area contributed by atoms with Crippen LogP contribution in [0.15, 0.2) is 30.9 Å². The molecule has 22 heavy (non-hydrogen) atoms. The predicted molar refractivity (Wildman–Crippen MR) is 91.2 cm³/mol. The minimum atomic E-state index is -0.283. The normalized spacial score (nSPS) is 16.8. The quantitative estimate of drug-likeness (QED) is 0.592. The zero-order chi connectivity index (χ0) is 15.1. The number of allylic oxidation sites excluding steroid dienone is 1. The average molecular weight is 329 g/mol. The van der Waals surface area contributed by atoms with Crippen LogP contribution in [0.5, 0.6) is 5.75 Å². The van der Waals surface area contributed by atoms with E-state index in [-0.39, 0.29) is 30.0 Å². The molecule has 0 unspecified atom stereocenters. The van der Waals surface area contributed by atoms with Crippen molar-refractivity contribution in [3.05, 3.63) is 42.2 Å². The molecule has 124 valence electrons. The highest BCUT2D eigenvalue weighted by Crippen LogP contribution is 2.33. The zero-order valence-corrected chi connectivity index (χ0v) is 13.7. The van der Waals surface area contributed by atoms with E-state index in [0.29, 0.717) is 0 Å². The van der Waals surface area contributed by atoms with E-state index in [1.54, 1.807) is 0 Å². The molecular weight excluding hydrogens is 303 g/mol. The number of hydrogen-bond donors (Lipinski definition) is 2. The first-order chi connectivity index (χ1) is 10.2. The van der Waals surface area contributed by atoms with Crippen molar-refractivity contribution in [1.82, 2.24) is 10.2 Å². The van der Waals surface area contributed by atoms with Gasteiger partial charge in [-0.3, -0.25) is 4.90 Å². The van der Waals surface area contributed by atoms with Crippen LogP contribution in [0.2, 0.25) is 0 Å². The van der Waals surface area contributed by atoms with Gasteiger partial charge in [0.1, 0.15) is 11.6 Å². The molecule has 0 aromatic heterocycles. The molecule has 0 spiro atoms. The van der Waals surface area contributed by atoms with E-state index in [1.807, 2.05) is 6.08 Å². The van der Waals surface area contributed by atoms with Crippen molar-refractivity contribution in [2.45, 2.75) is 31.7 Å². The van der Waals surface area contributed by atoms with Gasteiger partial charge >= 0.3 is 0 Å². The Morgan fingerprint density at radius 3 is 2.73 bits per heavy atom. The third-order valence-electron chi connectivity index (χ3n) is 4.08. The molecule has 0 radical (unpaired) electrons. The molecule has 1 atom stereocenters. The van der Waals surface area contributed by atoms with Crippen LogP contribution in [-0.2, 0) is 0 Å². The molecule has 3 nitrogen and oxygen atoms in total. The maximum absolute atomic E-state index is 13.6. The molecule has 1 fully saturated rings. The van der Waals surface area contributed by atoms with Gasteiger partial charge in [0.15, 0.2) is 0 Å². The third-order valence-corrected chi connectivity index (χ3v) is 4.08. The first kappa shape index (κ1) is 18.9. The Morgan fingerprint density at radius 2 is 2.05 bits per heavy atom. The number of phenols is 1. The summed E-state index contributed by atoms with van der Waals surface area (Å²) >= 11 is 0. The van der Waals surface area contributed by atoms with E-state index in [1.165, 1.54) is 18.2 Å². The second-order valence-corrected chi connectivity index (χ2v) is 5.58. The molecular formula is C17H26ClFN2O. The molecule has 1 saturated heterocycles. The molecule has 1 heterocycles. The van der Waals surface area contributed by atoms with Gasteiger partial charge < -0.3 is 10.4 Å². The van der Waals surface area contributed by atoms with Crippen molar-refractivity contribution in [2.24, 2.45) is 0 Å². The number of benzene rings is 1. The molecule has 1 aromatic rings. The smallest absolute Gasteiger partial charge is 0.123 e. The summed E-state index contributed by atoms with van der Waals surface area (Å²) in [6, 6.07) is 4.34. The molecule has 0 amide bonds. The molecule has 2 N–H and O–H groups in total.